The number of carbonyl (C=O) groups excluding carboxylic acids is 1. The van der Waals surface area contributed by atoms with Crippen LogP contribution in [-0.4, -0.2) is 17.9 Å². The predicted octanol–water partition coefficient (Wildman–Crippen LogP) is 3.55. The fourth-order valence-electron chi connectivity index (χ4n) is 4.33. The van der Waals surface area contributed by atoms with Crippen LogP contribution in [0, 0.1) is 17.8 Å². The Morgan fingerprint density at radius 1 is 1.22 bits per heavy atom. The van der Waals surface area contributed by atoms with Crippen molar-refractivity contribution in [2.24, 2.45) is 17.8 Å². The van der Waals surface area contributed by atoms with Crippen molar-refractivity contribution in [1.82, 2.24) is 5.32 Å². The topological polar surface area (TPSA) is 29.1 Å². The van der Waals surface area contributed by atoms with Gasteiger partial charge < -0.3 is 5.32 Å². The molecule has 2 nitrogen and oxygen atoms in total. The molecule has 3 atom stereocenters. The SMILES string of the molecule is CCCC1(C(=O)C2CC(C)CC(C)C2)CCCN1. The maximum absolute atomic E-state index is 12.9. The molecule has 1 saturated heterocycles. The van der Waals surface area contributed by atoms with Crippen LogP contribution in [0.1, 0.15) is 65.7 Å². The second-order valence-electron chi connectivity index (χ2n) is 6.84. The number of carbonyl (C=O) groups is 1. The summed E-state index contributed by atoms with van der Waals surface area (Å²) >= 11 is 0. The Balaban J connectivity index is 2.08. The molecule has 3 unspecified atom stereocenters. The molecule has 0 radical (unpaired) electrons. The van der Waals surface area contributed by atoms with Gasteiger partial charge in [-0.3, -0.25) is 4.79 Å². The third-order valence-corrected chi connectivity index (χ3v) is 4.94. The highest BCUT2D eigenvalue weighted by atomic mass is 16.1. The number of ketones is 1. The van der Waals surface area contributed by atoms with Crippen LogP contribution in [0.4, 0.5) is 0 Å². The van der Waals surface area contributed by atoms with E-state index in [1.54, 1.807) is 0 Å². The molecule has 0 bridgehead atoms. The molecule has 1 aliphatic carbocycles. The van der Waals surface area contributed by atoms with E-state index in [-0.39, 0.29) is 5.54 Å². The molecule has 2 heteroatoms. The first kappa shape index (κ1) is 14.0. The van der Waals surface area contributed by atoms with Gasteiger partial charge in [0.15, 0.2) is 5.78 Å². The van der Waals surface area contributed by atoms with E-state index >= 15 is 0 Å². The van der Waals surface area contributed by atoms with E-state index in [0.29, 0.717) is 11.7 Å². The van der Waals surface area contributed by atoms with E-state index in [1.807, 2.05) is 0 Å². The first-order valence-electron chi connectivity index (χ1n) is 7.86. The predicted molar refractivity (Wildman–Crippen MR) is 75.6 cm³/mol. The van der Waals surface area contributed by atoms with Crippen molar-refractivity contribution < 1.29 is 4.79 Å². The summed E-state index contributed by atoms with van der Waals surface area (Å²) in [7, 11) is 0. The summed E-state index contributed by atoms with van der Waals surface area (Å²) < 4.78 is 0. The maximum atomic E-state index is 12.9. The van der Waals surface area contributed by atoms with E-state index in [4.69, 9.17) is 0 Å². The van der Waals surface area contributed by atoms with Crippen LogP contribution in [0.25, 0.3) is 0 Å². The molecule has 1 aliphatic heterocycles. The van der Waals surface area contributed by atoms with Crippen molar-refractivity contribution in [3.8, 4) is 0 Å². The molecule has 1 N–H and O–H groups in total. The first-order chi connectivity index (χ1) is 8.57. The van der Waals surface area contributed by atoms with Crippen LogP contribution in [-0.2, 0) is 4.79 Å². The Bertz CT molecular complexity index is 283. The number of rotatable bonds is 4. The highest BCUT2D eigenvalue weighted by molar-refractivity contribution is 5.91. The van der Waals surface area contributed by atoms with Gasteiger partial charge in [-0.1, -0.05) is 27.2 Å². The molecule has 2 aliphatic rings. The number of hydrogen-bond acceptors (Lipinski definition) is 2. The molecule has 0 spiro atoms. The molecule has 0 aromatic carbocycles. The Morgan fingerprint density at radius 2 is 1.89 bits per heavy atom. The average molecular weight is 251 g/mol. The Kier molecular flexibility index (Phi) is 4.47. The van der Waals surface area contributed by atoms with Crippen LogP contribution in [0.3, 0.4) is 0 Å². The van der Waals surface area contributed by atoms with Crippen molar-refractivity contribution in [2.75, 3.05) is 6.54 Å². The third-order valence-electron chi connectivity index (χ3n) is 4.94. The minimum absolute atomic E-state index is 0.157. The van der Waals surface area contributed by atoms with Crippen LogP contribution in [0.2, 0.25) is 0 Å². The van der Waals surface area contributed by atoms with Gasteiger partial charge in [-0.2, -0.15) is 0 Å². The highest BCUT2D eigenvalue weighted by Gasteiger charge is 2.44. The minimum atomic E-state index is -0.157. The molecule has 1 saturated carbocycles. The van der Waals surface area contributed by atoms with Crippen molar-refractivity contribution in [3.63, 3.8) is 0 Å². The van der Waals surface area contributed by atoms with Crippen molar-refractivity contribution in [2.45, 2.75) is 71.3 Å². The molecule has 2 fully saturated rings. The number of Topliss-reactive ketones (excluding diaryl/α,β-unsaturated/α-hetero) is 1. The molecule has 0 aromatic rings. The monoisotopic (exact) mass is 251 g/mol. The van der Waals surface area contributed by atoms with E-state index in [1.165, 1.54) is 12.8 Å². The zero-order valence-electron chi connectivity index (χ0n) is 12.3. The van der Waals surface area contributed by atoms with Crippen LogP contribution < -0.4 is 5.32 Å². The number of hydrogen-bond donors (Lipinski definition) is 1. The van der Waals surface area contributed by atoms with E-state index < -0.39 is 0 Å². The molecular formula is C16H29NO. The molecule has 0 aromatic heterocycles. The molecule has 2 rings (SSSR count). The third kappa shape index (κ3) is 2.79. The van der Waals surface area contributed by atoms with E-state index in [2.05, 4.69) is 26.1 Å². The lowest BCUT2D eigenvalue weighted by Crippen LogP contribution is -2.51. The minimum Gasteiger partial charge on any atom is -0.305 e. The van der Waals surface area contributed by atoms with Gasteiger partial charge in [0, 0.05) is 5.92 Å². The Hall–Kier alpha value is -0.370. The number of nitrogens with one attached hydrogen (secondary N) is 1. The van der Waals surface area contributed by atoms with Crippen molar-refractivity contribution >= 4 is 5.78 Å². The summed E-state index contributed by atoms with van der Waals surface area (Å²) in [5.74, 6) is 2.31. The summed E-state index contributed by atoms with van der Waals surface area (Å²) in [6, 6.07) is 0. The molecule has 1 heterocycles. The zero-order valence-corrected chi connectivity index (χ0v) is 12.3. The summed E-state index contributed by atoms with van der Waals surface area (Å²) in [4.78, 5) is 12.9. The molecule has 104 valence electrons. The highest BCUT2D eigenvalue weighted by Crippen LogP contribution is 2.38. The van der Waals surface area contributed by atoms with Crippen LogP contribution >= 0.6 is 0 Å². The second-order valence-corrected chi connectivity index (χ2v) is 6.84. The van der Waals surface area contributed by atoms with Gasteiger partial charge in [-0.05, 0) is 56.9 Å². The fourth-order valence-corrected chi connectivity index (χ4v) is 4.33. The van der Waals surface area contributed by atoms with Gasteiger partial charge in [-0.25, -0.2) is 0 Å². The molecular weight excluding hydrogens is 222 g/mol. The second kappa shape index (κ2) is 5.73. The average Bonchev–Trinajstić information content (AvgIpc) is 2.77. The Labute approximate surface area is 112 Å². The Morgan fingerprint density at radius 3 is 2.39 bits per heavy atom. The summed E-state index contributed by atoms with van der Waals surface area (Å²) in [5.41, 5.74) is -0.157. The molecule has 18 heavy (non-hydrogen) atoms. The lowest BCUT2D eigenvalue weighted by Gasteiger charge is -2.37. The normalized spacial score (nSPS) is 40.9. The summed E-state index contributed by atoms with van der Waals surface area (Å²) in [6.07, 6.45) is 7.93. The fraction of sp³-hybridized carbons (Fsp3) is 0.938. The first-order valence-corrected chi connectivity index (χ1v) is 7.86. The van der Waals surface area contributed by atoms with Crippen LogP contribution in [0.15, 0.2) is 0 Å². The van der Waals surface area contributed by atoms with Crippen molar-refractivity contribution in [1.29, 1.82) is 0 Å². The van der Waals surface area contributed by atoms with Crippen molar-refractivity contribution in [3.05, 3.63) is 0 Å². The zero-order chi connectivity index (χ0) is 13.2. The van der Waals surface area contributed by atoms with Gasteiger partial charge in [0.1, 0.15) is 0 Å². The molecule has 0 amide bonds. The van der Waals surface area contributed by atoms with E-state index in [9.17, 15) is 4.79 Å². The van der Waals surface area contributed by atoms with Gasteiger partial charge in [0.25, 0.3) is 0 Å². The largest absolute Gasteiger partial charge is 0.305 e. The van der Waals surface area contributed by atoms with Gasteiger partial charge >= 0.3 is 0 Å². The van der Waals surface area contributed by atoms with Gasteiger partial charge in [0.05, 0.1) is 5.54 Å². The quantitative estimate of drug-likeness (QED) is 0.828. The van der Waals surface area contributed by atoms with Crippen LogP contribution in [0.5, 0.6) is 0 Å². The summed E-state index contributed by atoms with van der Waals surface area (Å²) in [6.45, 7) is 7.85. The van der Waals surface area contributed by atoms with Gasteiger partial charge in [0.2, 0.25) is 0 Å². The smallest absolute Gasteiger partial charge is 0.155 e. The van der Waals surface area contributed by atoms with E-state index in [0.717, 1.165) is 50.5 Å². The maximum Gasteiger partial charge on any atom is 0.155 e. The summed E-state index contributed by atoms with van der Waals surface area (Å²) in [5, 5.41) is 3.55. The lowest BCUT2D eigenvalue weighted by molar-refractivity contribution is -0.131. The lowest BCUT2D eigenvalue weighted by atomic mass is 9.70. The standard InChI is InChI=1S/C16H29NO/c1-4-6-16(7-5-8-17-16)15(18)14-10-12(2)9-13(3)11-14/h12-14,17H,4-11H2,1-3H3. The van der Waals surface area contributed by atoms with Gasteiger partial charge in [-0.15, -0.1) is 0 Å².